The first-order chi connectivity index (χ1) is 13.9. The van der Waals surface area contributed by atoms with Crippen LogP contribution in [0.1, 0.15) is 23.6 Å². The van der Waals surface area contributed by atoms with Crippen LogP contribution in [0.4, 0.5) is 11.4 Å². The van der Waals surface area contributed by atoms with Gasteiger partial charge in [-0.3, -0.25) is 9.59 Å². The van der Waals surface area contributed by atoms with Crippen molar-refractivity contribution < 1.29 is 9.59 Å². The van der Waals surface area contributed by atoms with E-state index in [-0.39, 0.29) is 18.4 Å². The highest BCUT2D eigenvalue weighted by Gasteiger charge is 2.22. The van der Waals surface area contributed by atoms with Gasteiger partial charge < -0.3 is 9.80 Å². The standard InChI is InChI=1S/C25H26N2O2/c1-19-14-20(2)16-24(15-19)26(21(3)28)18-25(29)27(23-12-8-5-9-13-23)17-22-10-6-4-7-11-22/h4-16H,17-18H2,1-3H3. The summed E-state index contributed by atoms with van der Waals surface area (Å²) in [5.41, 5.74) is 4.71. The fourth-order valence-corrected chi connectivity index (χ4v) is 3.41. The normalized spacial score (nSPS) is 10.4. The molecule has 0 bridgehead atoms. The second kappa shape index (κ2) is 9.20. The zero-order valence-corrected chi connectivity index (χ0v) is 17.1. The van der Waals surface area contributed by atoms with Crippen molar-refractivity contribution in [3.8, 4) is 0 Å². The lowest BCUT2D eigenvalue weighted by atomic mass is 10.1. The number of anilines is 2. The van der Waals surface area contributed by atoms with Crippen molar-refractivity contribution in [2.75, 3.05) is 16.3 Å². The molecule has 0 N–H and O–H groups in total. The SMILES string of the molecule is CC(=O)N(CC(=O)N(Cc1ccccc1)c1ccccc1)c1cc(C)cc(C)c1. The van der Waals surface area contributed by atoms with Gasteiger partial charge in [0.05, 0.1) is 6.54 Å². The molecule has 0 unspecified atom stereocenters. The van der Waals surface area contributed by atoms with Gasteiger partial charge in [-0.25, -0.2) is 0 Å². The highest BCUT2D eigenvalue weighted by atomic mass is 16.2. The van der Waals surface area contributed by atoms with Gasteiger partial charge in [0.15, 0.2) is 0 Å². The van der Waals surface area contributed by atoms with Gasteiger partial charge in [-0.1, -0.05) is 54.6 Å². The molecule has 2 amide bonds. The van der Waals surface area contributed by atoms with Gasteiger partial charge in [0.25, 0.3) is 0 Å². The summed E-state index contributed by atoms with van der Waals surface area (Å²) < 4.78 is 0. The minimum Gasteiger partial charge on any atom is -0.306 e. The summed E-state index contributed by atoms with van der Waals surface area (Å²) in [7, 11) is 0. The van der Waals surface area contributed by atoms with Gasteiger partial charge in [0.1, 0.15) is 6.54 Å². The van der Waals surface area contributed by atoms with E-state index in [4.69, 9.17) is 0 Å². The third-order valence-corrected chi connectivity index (χ3v) is 4.74. The summed E-state index contributed by atoms with van der Waals surface area (Å²) >= 11 is 0. The molecule has 148 valence electrons. The van der Waals surface area contributed by atoms with Crippen molar-refractivity contribution in [1.29, 1.82) is 0 Å². The van der Waals surface area contributed by atoms with Gasteiger partial charge >= 0.3 is 0 Å². The Morgan fingerprint density at radius 2 is 1.28 bits per heavy atom. The number of benzene rings is 3. The summed E-state index contributed by atoms with van der Waals surface area (Å²) in [4.78, 5) is 29.0. The van der Waals surface area contributed by atoms with Crippen LogP contribution < -0.4 is 9.80 Å². The number of hydrogen-bond donors (Lipinski definition) is 0. The lowest BCUT2D eigenvalue weighted by molar-refractivity contribution is -0.121. The van der Waals surface area contributed by atoms with E-state index < -0.39 is 0 Å². The van der Waals surface area contributed by atoms with Crippen molar-refractivity contribution in [2.45, 2.75) is 27.3 Å². The van der Waals surface area contributed by atoms with Gasteiger partial charge in [-0.15, -0.1) is 0 Å². The maximum atomic E-state index is 13.3. The zero-order chi connectivity index (χ0) is 20.8. The number of carbonyl (C=O) groups is 2. The molecule has 0 saturated heterocycles. The summed E-state index contributed by atoms with van der Waals surface area (Å²) in [6.45, 7) is 5.90. The molecule has 0 saturated carbocycles. The lowest BCUT2D eigenvalue weighted by Gasteiger charge is -2.28. The third kappa shape index (κ3) is 5.32. The maximum Gasteiger partial charge on any atom is 0.247 e. The first-order valence-corrected chi connectivity index (χ1v) is 9.70. The average Bonchev–Trinajstić information content (AvgIpc) is 2.70. The number of rotatable bonds is 6. The predicted molar refractivity (Wildman–Crippen MR) is 118 cm³/mol. The van der Waals surface area contributed by atoms with Crippen LogP contribution >= 0.6 is 0 Å². The fraction of sp³-hybridized carbons (Fsp3) is 0.200. The third-order valence-electron chi connectivity index (χ3n) is 4.74. The lowest BCUT2D eigenvalue weighted by Crippen LogP contribution is -2.42. The van der Waals surface area contributed by atoms with Crippen molar-refractivity contribution in [1.82, 2.24) is 0 Å². The van der Waals surface area contributed by atoms with E-state index in [0.29, 0.717) is 6.54 Å². The molecule has 0 fully saturated rings. The van der Waals surface area contributed by atoms with Crippen molar-refractivity contribution in [3.63, 3.8) is 0 Å². The molecule has 3 aromatic rings. The minimum absolute atomic E-state index is 0.0139. The molecule has 0 atom stereocenters. The molecule has 0 radical (unpaired) electrons. The van der Waals surface area contributed by atoms with Crippen LogP contribution in [0, 0.1) is 13.8 Å². The first-order valence-electron chi connectivity index (χ1n) is 9.70. The molecule has 0 aliphatic heterocycles. The van der Waals surface area contributed by atoms with Gasteiger partial charge in [0.2, 0.25) is 11.8 Å². The first kappa shape index (κ1) is 20.3. The molecular weight excluding hydrogens is 360 g/mol. The Morgan fingerprint density at radius 3 is 1.83 bits per heavy atom. The van der Waals surface area contributed by atoms with E-state index in [1.54, 1.807) is 9.80 Å². The van der Waals surface area contributed by atoms with Crippen molar-refractivity contribution in [2.24, 2.45) is 0 Å². The van der Waals surface area contributed by atoms with E-state index in [0.717, 1.165) is 28.1 Å². The van der Waals surface area contributed by atoms with Crippen molar-refractivity contribution in [3.05, 3.63) is 95.6 Å². The maximum absolute atomic E-state index is 13.3. The molecule has 0 aliphatic rings. The Hall–Kier alpha value is -3.40. The largest absolute Gasteiger partial charge is 0.306 e. The molecule has 3 rings (SSSR count). The van der Waals surface area contributed by atoms with Crippen LogP contribution in [0.2, 0.25) is 0 Å². The summed E-state index contributed by atoms with van der Waals surface area (Å²) in [6, 6.07) is 25.4. The van der Waals surface area contributed by atoms with Crippen LogP contribution in [0.5, 0.6) is 0 Å². The molecule has 0 aliphatic carbocycles. The zero-order valence-electron chi connectivity index (χ0n) is 17.1. The van der Waals surface area contributed by atoms with E-state index >= 15 is 0 Å². The quantitative estimate of drug-likeness (QED) is 0.605. The van der Waals surface area contributed by atoms with Gasteiger partial charge in [-0.05, 0) is 54.8 Å². The van der Waals surface area contributed by atoms with Crippen LogP contribution in [0.15, 0.2) is 78.9 Å². The summed E-state index contributed by atoms with van der Waals surface area (Å²) in [5, 5.41) is 0. The number of hydrogen-bond acceptors (Lipinski definition) is 2. The Bertz CT molecular complexity index is 964. The highest BCUT2D eigenvalue weighted by molar-refractivity contribution is 6.03. The predicted octanol–water partition coefficient (Wildman–Crippen LogP) is 4.89. The van der Waals surface area contributed by atoms with Gasteiger partial charge in [0, 0.05) is 18.3 Å². The molecule has 0 heterocycles. The van der Waals surface area contributed by atoms with Crippen LogP contribution in [-0.4, -0.2) is 18.4 Å². The number of aryl methyl sites for hydroxylation is 2. The fourth-order valence-electron chi connectivity index (χ4n) is 3.41. The van der Waals surface area contributed by atoms with Crippen LogP contribution in [0.3, 0.4) is 0 Å². The summed E-state index contributed by atoms with van der Waals surface area (Å²) in [5.74, 6) is -0.287. The monoisotopic (exact) mass is 386 g/mol. The Balaban J connectivity index is 1.90. The van der Waals surface area contributed by atoms with E-state index in [2.05, 4.69) is 6.07 Å². The second-order valence-electron chi connectivity index (χ2n) is 7.25. The molecular formula is C25H26N2O2. The Labute approximate surface area is 172 Å². The van der Waals surface area contributed by atoms with Crippen LogP contribution in [-0.2, 0) is 16.1 Å². The topological polar surface area (TPSA) is 40.6 Å². The van der Waals surface area contributed by atoms with Gasteiger partial charge in [-0.2, -0.15) is 0 Å². The number of para-hydroxylation sites is 1. The van der Waals surface area contributed by atoms with E-state index in [1.807, 2.05) is 86.6 Å². The minimum atomic E-state index is -0.156. The van der Waals surface area contributed by atoms with E-state index in [1.165, 1.54) is 6.92 Å². The van der Waals surface area contributed by atoms with Crippen molar-refractivity contribution >= 4 is 23.2 Å². The molecule has 29 heavy (non-hydrogen) atoms. The average molecular weight is 386 g/mol. The number of nitrogens with zero attached hydrogens (tertiary/aromatic N) is 2. The molecule has 0 aromatic heterocycles. The Kier molecular flexibility index (Phi) is 6.45. The molecule has 3 aromatic carbocycles. The smallest absolute Gasteiger partial charge is 0.247 e. The number of carbonyl (C=O) groups excluding carboxylic acids is 2. The van der Waals surface area contributed by atoms with E-state index in [9.17, 15) is 9.59 Å². The molecule has 0 spiro atoms. The highest BCUT2D eigenvalue weighted by Crippen LogP contribution is 2.22. The number of amides is 2. The molecule has 4 nitrogen and oxygen atoms in total. The van der Waals surface area contributed by atoms with Crippen LogP contribution in [0.25, 0.3) is 0 Å². The second-order valence-corrected chi connectivity index (χ2v) is 7.25. The summed E-state index contributed by atoms with van der Waals surface area (Å²) in [6.07, 6.45) is 0. The molecule has 4 heteroatoms. The Morgan fingerprint density at radius 1 is 0.724 bits per heavy atom.